The molecule has 4 heteroatoms. The fraction of sp³-hybridized carbons (Fsp3) is 0.632. The van der Waals surface area contributed by atoms with Gasteiger partial charge in [0.2, 0.25) is 0 Å². The lowest BCUT2D eigenvalue weighted by Crippen LogP contribution is -2.44. The number of benzene rings is 1. The Morgan fingerprint density at radius 3 is 2.39 bits per heavy atom. The lowest BCUT2D eigenvalue weighted by Gasteiger charge is -2.27. The lowest BCUT2D eigenvalue weighted by atomic mass is 9.98. The number of hydrogen-bond donors (Lipinski definition) is 1. The van der Waals surface area contributed by atoms with Crippen LogP contribution in [0, 0.1) is 19.8 Å². The third kappa shape index (κ3) is 4.05. The van der Waals surface area contributed by atoms with Crippen LogP contribution in [0.4, 0.5) is 5.69 Å². The summed E-state index contributed by atoms with van der Waals surface area (Å²) in [4.78, 5) is 12.6. The highest BCUT2D eigenvalue weighted by atomic mass is 16.5. The van der Waals surface area contributed by atoms with Crippen LogP contribution in [0.25, 0.3) is 0 Å². The Bertz CT molecular complexity index is 543. The van der Waals surface area contributed by atoms with Crippen LogP contribution in [0.5, 0.6) is 5.75 Å². The molecule has 0 bridgehead atoms. The first-order valence-corrected chi connectivity index (χ1v) is 8.53. The highest BCUT2D eigenvalue weighted by Gasteiger charge is 2.47. The van der Waals surface area contributed by atoms with E-state index in [0.717, 1.165) is 54.9 Å². The summed E-state index contributed by atoms with van der Waals surface area (Å²) >= 11 is 0. The van der Waals surface area contributed by atoms with Crippen molar-refractivity contribution in [1.82, 2.24) is 0 Å². The molecule has 1 aromatic carbocycles. The lowest BCUT2D eigenvalue weighted by molar-refractivity contribution is -0.138. The van der Waals surface area contributed by atoms with E-state index in [9.17, 15) is 4.79 Å². The molecule has 0 aliphatic heterocycles. The quantitative estimate of drug-likeness (QED) is 0.729. The zero-order chi connectivity index (χ0) is 17.0. The zero-order valence-corrected chi connectivity index (χ0v) is 15.0. The van der Waals surface area contributed by atoms with E-state index in [1.807, 2.05) is 32.9 Å². The Morgan fingerprint density at radius 1 is 1.30 bits per heavy atom. The average molecular weight is 319 g/mol. The molecule has 0 radical (unpaired) electrons. The number of anilines is 1. The highest BCUT2D eigenvalue weighted by Crippen LogP contribution is 2.42. The maximum atomic E-state index is 12.6. The van der Waals surface area contributed by atoms with Gasteiger partial charge < -0.3 is 14.8 Å². The second kappa shape index (κ2) is 7.35. The first kappa shape index (κ1) is 17.8. The van der Waals surface area contributed by atoms with Gasteiger partial charge in [-0.25, -0.2) is 0 Å². The second-order valence-corrected chi connectivity index (χ2v) is 6.68. The number of carbonyl (C=O) groups is 1. The van der Waals surface area contributed by atoms with Crippen molar-refractivity contribution in [3.05, 3.63) is 23.3 Å². The normalized spacial score (nSPS) is 16.7. The van der Waals surface area contributed by atoms with E-state index in [0.29, 0.717) is 5.92 Å². The number of nitrogens with one attached hydrogen (secondary N) is 1. The Morgan fingerprint density at radius 2 is 1.91 bits per heavy atom. The molecule has 0 heterocycles. The SMILES string of the molecule is CCCCOc1c(C)cc(NC(=O)[C@](C)(OC)C2CC2)cc1C. The van der Waals surface area contributed by atoms with Crippen LogP contribution in [-0.4, -0.2) is 25.2 Å². The van der Waals surface area contributed by atoms with Crippen molar-refractivity contribution in [2.45, 2.75) is 59.0 Å². The number of amides is 1. The minimum Gasteiger partial charge on any atom is -0.493 e. The first-order valence-electron chi connectivity index (χ1n) is 8.53. The minimum atomic E-state index is -0.738. The van der Waals surface area contributed by atoms with Crippen molar-refractivity contribution in [2.24, 2.45) is 5.92 Å². The molecular formula is C19H29NO3. The molecule has 0 aromatic heterocycles. The van der Waals surface area contributed by atoms with E-state index in [1.54, 1.807) is 7.11 Å². The second-order valence-electron chi connectivity index (χ2n) is 6.68. The fourth-order valence-corrected chi connectivity index (χ4v) is 2.90. The third-order valence-electron chi connectivity index (χ3n) is 4.69. The van der Waals surface area contributed by atoms with Crippen LogP contribution in [-0.2, 0) is 9.53 Å². The van der Waals surface area contributed by atoms with Gasteiger partial charge in [-0.3, -0.25) is 4.79 Å². The van der Waals surface area contributed by atoms with Crippen molar-refractivity contribution in [1.29, 1.82) is 0 Å². The Hall–Kier alpha value is -1.55. The summed E-state index contributed by atoms with van der Waals surface area (Å²) < 4.78 is 11.4. The van der Waals surface area contributed by atoms with Crippen LogP contribution in [0.3, 0.4) is 0 Å². The topological polar surface area (TPSA) is 47.6 Å². The van der Waals surface area contributed by atoms with Gasteiger partial charge in [0.25, 0.3) is 5.91 Å². The van der Waals surface area contributed by atoms with E-state index in [-0.39, 0.29) is 5.91 Å². The highest BCUT2D eigenvalue weighted by molar-refractivity contribution is 5.97. The van der Waals surface area contributed by atoms with Crippen LogP contribution in [0.2, 0.25) is 0 Å². The smallest absolute Gasteiger partial charge is 0.256 e. The average Bonchev–Trinajstić information content (AvgIpc) is 3.34. The summed E-state index contributed by atoms with van der Waals surface area (Å²) in [5, 5.41) is 3.01. The molecule has 0 saturated heterocycles. The summed E-state index contributed by atoms with van der Waals surface area (Å²) in [6.45, 7) is 8.78. The van der Waals surface area contributed by atoms with Gasteiger partial charge in [-0.1, -0.05) is 13.3 Å². The van der Waals surface area contributed by atoms with Crippen LogP contribution >= 0.6 is 0 Å². The molecule has 2 rings (SSSR count). The Labute approximate surface area is 139 Å². The van der Waals surface area contributed by atoms with Gasteiger partial charge in [0.05, 0.1) is 6.61 Å². The molecule has 1 N–H and O–H groups in total. The van der Waals surface area contributed by atoms with Gasteiger partial charge in [-0.2, -0.15) is 0 Å². The molecule has 1 atom stereocenters. The number of unbranched alkanes of at least 4 members (excludes halogenated alkanes) is 1. The molecule has 1 aliphatic rings. The van der Waals surface area contributed by atoms with Crippen molar-refractivity contribution < 1.29 is 14.3 Å². The van der Waals surface area contributed by atoms with Crippen LogP contribution < -0.4 is 10.1 Å². The minimum absolute atomic E-state index is 0.0686. The third-order valence-corrected chi connectivity index (χ3v) is 4.69. The Balaban J connectivity index is 2.10. The van der Waals surface area contributed by atoms with Crippen LogP contribution in [0.15, 0.2) is 12.1 Å². The number of rotatable bonds is 8. The number of methoxy groups -OCH3 is 1. The summed E-state index contributed by atoms with van der Waals surface area (Å²) in [5.41, 5.74) is 2.15. The summed E-state index contributed by atoms with van der Waals surface area (Å²) in [6.07, 6.45) is 4.27. The maximum Gasteiger partial charge on any atom is 0.256 e. The molecule has 1 amide bonds. The molecule has 1 aliphatic carbocycles. The van der Waals surface area contributed by atoms with E-state index in [4.69, 9.17) is 9.47 Å². The van der Waals surface area contributed by atoms with E-state index in [2.05, 4.69) is 12.2 Å². The predicted molar refractivity (Wildman–Crippen MR) is 93.1 cm³/mol. The maximum absolute atomic E-state index is 12.6. The molecule has 1 fully saturated rings. The van der Waals surface area contributed by atoms with Gasteiger partial charge in [0.1, 0.15) is 11.4 Å². The van der Waals surface area contributed by atoms with Gasteiger partial charge >= 0.3 is 0 Å². The summed E-state index contributed by atoms with van der Waals surface area (Å²) in [7, 11) is 1.61. The van der Waals surface area contributed by atoms with E-state index < -0.39 is 5.60 Å². The molecule has 0 spiro atoms. The van der Waals surface area contributed by atoms with E-state index in [1.165, 1.54) is 0 Å². The van der Waals surface area contributed by atoms with E-state index >= 15 is 0 Å². The number of ether oxygens (including phenoxy) is 2. The van der Waals surface area contributed by atoms with Gasteiger partial charge in [0, 0.05) is 12.8 Å². The van der Waals surface area contributed by atoms with Crippen molar-refractivity contribution in [3.63, 3.8) is 0 Å². The molecule has 128 valence electrons. The van der Waals surface area contributed by atoms with Crippen molar-refractivity contribution in [2.75, 3.05) is 19.0 Å². The monoisotopic (exact) mass is 319 g/mol. The van der Waals surface area contributed by atoms with Gasteiger partial charge in [-0.05, 0) is 69.2 Å². The first-order chi connectivity index (χ1) is 10.9. The largest absolute Gasteiger partial charge is 0.493 e. The van der Waals surface area contributed by atoms with Crippen molar-refractivity contribution in [3.8, 4) is 5.75 Å². The fourth-order valence-electron chi connectivity index (χ4n) is 2.90. The molecule has 1 aromatic rings. The number of hydrogen-bond acceptors (Lipinski definition) is 3. The van der Waals surface area contributed by atoms with Crippen LogP contribution in [0.1, 0.15) is 50.7 Å². The Kier molecular flexibility index (Phi) is 5.69. The standard InChI is InChI=1S/C19H29NO3/c1-6-7-10-23-17-13(2)11-16(12-14(17)3)20-18(21)19(4,22-5)15-8-9-15/h11-12,15H,6-10H2,1-5H3,(H,20,21)/t19-/m1/s1. The zero-order valence-electron chi connectivity index (χ0n) is 15.0. The molecule has 1 saturated carbocycles. The summed E-state index contributed by atoms with van der Waals surface area (Å²) in [6, 6.07) is 3.93. The van der Waals surface area contributed by atoms with Gasteiger partial charge in [0.15, 0.2) is 0 Å². The molecule has 23 heavy (non-hydrogen) atoms. The predicted octanol–water partition coefficient (Wildman–Crippen LogP) is 4.24. The number of carbonyl (C=O) groups excluding carboxylic acids is 1. The molecule has 0 unspecified atom stereocenters. The number of aryl methyl sites for hydroxylation is 2. The van der Waals surface area contributed by atoms with Crippen molar-refractivity contribution >= 4 is 11.6 Å². The molecule has 4 nitrogen and oxygen atoms in total. The molecular weight excluding hydrogens is 290 g/mol. The van der Waals surface area contributed by atoms with Gasteiger partial charge in [-0.15, -0.1) is 0 Å². The summed E-state index contributed by atoms with van der Waals surface area (Å²) in [5.74, 6) is 1.18.